The van der Waals surface area contributed by atoms with Gasteiger partial charge in [-0.1, -0.05) is 15.9 Å². The van der Waals surface area contributed by atoms with Crippen molar-refractivity contribution in [1.29, 1.82) is 0 Å². The van der Waals surface area contributed by atoms with Gasteiger partial charge in [-0.05, 0) is 29.1 Å². The van der Waals surface area contributed by atoms with Crippen molar-refractivity contribution >= 4 is 48.6 Å². The lowest BCUT2D eigenvalue weighted by atomic mass is 10.1. The first-order valence-electron chi connectivity index (χ1n) is 4.08. The minimum atomic E-state index is 0.675. The molecule has 0 saturated carbocycles. The van der Waals surface area contributed by atoms with Gasteiger partial charge in [0.2, 0.25) is 0 Å². The Labute approximate surface area is 93.9 Å². The van der Waals surface area contributed by atoms with Crippen molar-refractivity contribution in [2.24, 2.45) is 0 Å². The Kier molecular flexibility index (Phi) is 2.56. The van der Waals surface area contributed by atoms with Gasteiger partial charge in [0, 0.05) is 15.6 Å². The number of hydrogen-bond donors (Lipinski definition) is 1. The van der Waals surface area contributed by atoms with Crippen molar-refractivity contribution in [3.63, 3.8) is 0 Å². The molecule has 0 fully saturated rings. The zero-order chi connectivity index (χ0) is 10.1. The number of aldehydes is 1. The number of nitrogen functional groups attached to an aromatic ring is 1. The monoisotopic (exact) mass is 269 g/mol. The summed E-state index contributed by atoms with van der Waals surface area (Å²) in [7, 11) is 0. The second kappa shape index (κ2) is 3.71. The molecule has 0 aliphatic carbocycles. The van der Waals surface area contributed by atoms with Gasteiger partial charge in [-0.25, -0.2) is 0 Å². The first kappa shape index (κ1) is 9.68. The quantitative estimate of drug-likeness (QED) is 0.672. The van der Waals surface area contributed by atoms with Crippen LogP contribution in [-0.4, -0.2) is 6.29 Å². The molecule has 72 valence electrons. The van der Waals surface area contributed by atoms with E-state index in [1.807, 2.05) is 18.2 Å². The highest BCUT2D eigenvalue weighted by molar-refractivity contribution is 9.08. The third-order valence-electron chi connectivity index (χ3n) is 2.13. The van der Waals surface area contributed by atoms with Crippen molar-refractivity contribution in [3.8, 4) is 0 Å². The number of hydrogen-bond acceptors (Lipinski definition) is 3. The molecule has 4 heteroatoms. The molecule has 1 aromatic heterocycles. The standard InChI is InChI=1S/C10H8BrNOS/c11-4-8-6(5-13)1-2-9-7(8)3-10(12)14-9/h1-3,5H,4,12H2. The van der Waals surface area contributed by atoms with E-state index >= 15 is 0 Å². The third-order valence-corrected chi connectivity index (χ3v) is 3.62. The lowest BCUT2D eigenvalue weighted by Gasteiger charge is -2.01. The fraction of sp³-hybridized carbons (Fsp3) is 0.100. The number of thiophene rings is 1. The molecule has 0 unspecified atom stereocenters. The summed E-state index contributed by atoms with van der Waals surface area (Å²) in [4.78, 5) is 10.8. The average molecular weight is 270 g/mol. The number of carbonyl (C=O) groups is 1. The van der Waals surface area contributed by atoms with E-state index < -0.39 is 0 Å². The molecule has 1 heterocycles. The van der Waals surface area contributed by atoms with Crippen LogP contribution >= 0.6 is 27.3 Å². The lowest BCUT2D eigenvalue weighted by molar-refractivity contribution is 0.112. The number of rotatable bonds is 2. The van der Waals surface area contributed by atoms with Crippen molar-refractivity contribution in [2.75, 3.05) is 5.73 Å². The van der Waals surface area contributed by atoms with E-state index in [1.54, 1.807) is 11.3 Å². The maximum Gasteiger partial charge on any atom is 0.150 e. The van der Waals surface area contributed by atoms with Crippen molar-refractivity contribution in [2.45, 2.75) is 5.33 Å². The molecule has 0 amide bonds. The molecular weight excluding hydrogens is 262 g/mol. The van der Waals surface area contributed by atoms with E-state index in [4.69, 9.17) is 5.73 Å². The Morgan fingerprint density at radius 2 is 2.29 bits per heavy atom. The predicted octanol–water partition coefficient (Wildman–Crippen LogP) is 3.19. The van der Waals surface area contributed by atoms with Gasteiger partial charge < -0.3 is 5.73 Å². The molecular formula is C10H8BrNOS. The number of alkyl halides is 1. The van der Waals surface area contributed by atoms with Crippen LogP contribution in [0.25, 0.3) is 10.1 Å². The van der Waals surface area contributed by atoms with Gasteiger partial charge in [0.15, 0.2) is 0 Å². The molecule has 2 aromatic rings. The first-order chi connectivity index (χ1) is 6.76. The minimum Gasteiger partial charge on any atom is -0.391 e. The normalized spacial score (nSPS) is 10.6. The summed E-state index contributed by atoms with van der Waals surface area (Å²) in [6.45, 7) is 0. The molecule has 0 aliphatic heterocycles. The second-order valence-electron chi connectivity index (χ2n) is 2.95. The zero-order valence-electron chi connectivity index (χ0n) is 7.29. The third kappa shape index (κ3) is 1.44. The van der Waals surface area contributed by atoms with Gasteiger partial charge in [-0.2, -0.15) is 0 Å². The SMILES string of the molecule is Nc1cc2c(CBr)c(C=O)ccc2s1. The molecule has 2 rings (SSSR count). The van der Waals surface area contributed by atoms with Gasteiger partial charge in [0.25, 0.3) is 0 Å². The molecule has 0 saturated heterocycles. The van der Waals surface area contributed by atoms with Crippen LogP contribution in [0.3, 0.4) is 0 Å². The van der Waals surface area contributed by atoms with Gasteiger partial charge in [0.05, 0.1) is 5.00 Å². The number of carbonyl (C=O) groups excluding carboxylic acids is 1. The summed E-state index contributed by atoms with van der Waals surface area (Å²) in [6.07, 6.45) is 0.879. The summed E-state index contributed by atoms with van der Waals surface area (Å²) in [5, 5.41) is 2.54. The number of benzene rings is 1. The Morgan fingerprint density at radius 3 is 2.93 bits per heavy atom. The van der Waals surface area contributed by atoms with Crippen LogP contribution in [0.15, 0.2) is 18.2 Å². The summed E-state index contributed by atoms with van der Waals surface area (Å²) in [5.41, 5.74) is 7.47. The van der Waals surface area contributed by atoms with Crippen LogP contribution in [0, 0.1) is 0 Å². The molecule has 0 spiro atoms. The van der Waals surface area contributed by atoms with E-state index in [-0.39, 0.29) is 0 Å². The first-order valence-corrected chi connectivity index (χ1v) is 6.02. The van der Waals surface area contributed by atoms with Gasteiger partial charge in [-0.3, -0.25) is 4.79 Å². The summed E-state index contributed by atoms with van der Waals surface area (Å²) < 4.78 is 1.13. The van der Waals surface area contributed by atoms with Crippen molar-refractivity contribution in [3.05, 3.63) is 29.3 Å². The van der Waals surface area contributed by atoms with Gasteiger partial charge >= 0.3 is 0 Å². The van der Waals surface area contributed by atoms with E-state index in [2.05, 4.69) is 15.9 Å². The van der Waals surface area contributed by atoms with Crippen LogP contribution in [0.4, 0.5) is 5.00 Å². The van der Waals surface area contributed by atoms with Crippen LogP contribution in [-0.2, 0) is 5.33 Å². The maximum absolute atomic E-state index is 10.8. The minimum absolute atomic E-state index is 0.675. The van der Waals surface area contributed by atoms with E-state index in [0.717, 1.165) is 32.5 Å². The Balaban J connectivity index is 2.82. The Morgan fingerprint density at radius 1 is 1.50 bits per heavy atom. The fourth-order valence-electron chi connectivity index (χ4n) is 1.47. The molecule has 0 atom stereocenters. The second-order valence-corrected chi connectivity index (χ2v) is 4.62. The molecule has 0 radical (unpaired) electrons. The molecule has 2 N–H and O–H groups in total. The Bertz CT molecular complexity index is 492. The summed E-state index contributed by atoms with van der Waals surface area (Å²) in [5.74, 6) is 0. The van der Waals surface area contributed by atoms with Crippen LogP contribution in [0.2, 0.25) is 0 Å². The zero-order valence-corrected chi connectivity index (χ0v) is 9.69. The number of anilines is 1. The largest absolute Gasteiger partial charge is 0.391 e. The molecule has 0 bridgehead atoms. The number of nitrogens with two attached hydrogens (primary N) is 1. The van der Waals surface area contributed by atoms with Gasteiger partial charge in [-0.15, -0.1) is 11.3 Å². The number of halogens is 1. The van der Waals surface area contributed by atoms with Crippen LogP contribution in [0.1, 0.15) is 15.9 Å². The molecule has 1 aromatic carbocycles. The lowest BCUT2D eigenvalue weighted by Crippen LogP contribution is -1.88. The number of fused-ring (bicyclic) bond motifs is 1. The molecule has 0 aliphatic rings. The molecule has 2 nitrogen and oxygen atoms in total. The van der Waals surface area contributed by atoms with Crippen molar-refractivity contribution in [1.82, 2.24) is 0 Å². The summed E-state index contributed by atoms with van der Waals surface area (Å²) in [6, 6.07) is 5.69. The van der Waals surface area contributed by atoms with E-state index in [0.29, 0.717) is 5.33 Å². The topological polar surface area (TPSA) is 43.1 Å². The highest BCUT2D eigenvalue weighted by atomic mass is 79.9. The van der Waals surface area contributed by atoms with E-state index in [1.165, 1.54) is 0 Å². The fourth-order valence-corrected chi connectivity index (χ4v) is 2.95. The van der Waals surface area contributed by atoms with Crippen LogP contribution < -0.4 is 5.73 Å². The highest BCUT2D eigenvalue weighted by Crippen LogP contribution is 2.32. The van der Waals surface area contributed by atoms with Gasteiger partial charge in [0.1, 0.15) is 6.29 Å². The van der Waals surface area contributed by atoms with E-state index in [9.17, 15) is 4.79 Å². The highest BCUT2D eigenvalue weighted by Gasteiger charge is 2.08. The van der Waals surface area contributed by atoms with Crippen molar-refractivity contribution < 1.29 is 4.79 Å². The predicted molar refractivity (Wildman–Crippen MR) is 64.3 cm³/mol. The van der Waals surface area contributed by atoms with Crippen LogP contribution in [0.5, 0.6) is 0 Å². The average Bonchev–Trinajstić information content (AvgIpc) is 2.56. The summed E-state index contributed by atoms with van der Waals surface area (Å²) >= 11 is 4.93. The molecule has 14 heavy (non-hydrogen) atoms. The smallest absolute Gasteiger partial charge is 0.150 e. The Hall–Kier alpha value is -0.870. The maximum atomic E-state index is 10.8.